The summed E-state index contributed by atoms with van der Waals surface area (Å²) in [6.45, 7) is 8.35. The first-order chi connectivity index (χ1) is 15.4. The van der Waals surface area contributed by atoms with Crippen LogP contribution in [-0.4, -0.2) is 29.2 Å². The first-order valence-corrected chi connectivity index (χ1v) is 11.1. The second kappa shape index (κ2) is 10.8. The molecule has 0 aliphatic heterocycles. The van der Waals surface area contributed by atoms with Crippen molar-refractivity contribution in [2.24, 2.45) is 0 Å². The highest BCUT2D eigenvalue weighted by Crippen LogP contribution is 2.29. The summed E-state index contributed by atoms with van der Waals surface area (Å²) in [5.41, 5.74) is 1.50. The maximum atomic E-state index is 12.5. The number of carbonyl (C=O) groups excluding carboxylic acids is 1. The van der Waals surface area contributed by atoms with Crippen LogP contribution in [0.5, 0.6) is 17.2 Å². The van der Waals surface area contributed by atoms with Gasteiger partial charge >= 0.3 is 5.97 Å². The van der Waals surface area contributed by atoms with Crippen LogP contribution < -0.4 is 19.6 Å². The third kappa shape index (κ3) is 6.10. The number of hydrogen-bond acceptors (Lipinski definition) is 9. The van der Waals surface area contributed by atoms with Gasteiger partial charge in [-0.05, 0) is 52.0 Å². The highest BCUT2D eigenvalue weighted by atomic mass is 32.2. The number of thioether (sulfide) groups is 1. The van der Waals surface area contributed by atoms with E-state index in [1.807, 2.05) is 33.8 Å². The van der Waals surface area contributed by atoms with E-state index in [0.717, 1.165) is 17.7 Å². The molecule has 0 saturated heterocycles. The summed E-state index contributed by atoms with van der Waals surface area (Å²) >= 11 is 1.35. The van der Waals surface area contributed by atoms with E-state index in [1.54, 1.807) is 12.1 Å². The van der Waals surface area contributed by atoms with Crippen LogP contribution in [0.2, 0.25) is 0 Å². The molecule has 0 bridgehead atoms. The Morgan fingerprint density at radius 1 is 0.969 bits per heavy atom. The van der Waals surface area contributed by atoms with Crippen LogP contribution >= 0.6 is 11.8 Å². The lowest BCUT2D eigenvalue weighted by atomic mass is 10.2. The molecule has 0 radical (unpaired) electrons. The van der Waals surface area contributed by atoms with E-state index in [4.69, 9.17) is 18.6 Å². The lowest BCUT2D eigenvalue weighted by Crippen LogP contribution is -2.15. The minimum Gasteiger partial charge on any atom is -0.490 e. The van der Waals surface area contributed by atoms with Crippen LogP contribution in [0, 0.1) is 13.8 Å². The van der Waals surface area contributed by atoms with E-state index in [2.05, 4.69) is 9.97 Å². The smallest absolute Gasteiger partial charge is 0.343 e. The predicted molar refractivity (Wildman–Crippen MR) is 120 cm³/mol. The van der Waals surface area contributed by atoms with Gasteiger partial charge < -0.3 is 18.6 Å². The first-order valence-electron chi connectivity index (χ1n) is 10.1. The van der Waals surface area contributed by atoms with Crippen molar-refractivity contribution >= 4 is 17.7 Å². The van der Waals surface area contributed by atoms with Gasteiger partial charge in [-0.2, -0.15) is 0 Å². The number of hydrogen-bond donors (Lipinski definition) is 0. The summed E-state index contributed by atoms with van der Waals surface area (Å²) in [6, 6.07) is 7.87. The van der Waals surface area contributed by atoms with Crippen molar-refractivity contribution in [2.75, 3.05) is 13.2 Å². The lowest BCUT2D eigenvalue weighted by molar-refractivity contribution is 0.0728. The van der Waals surface area contributed by atoms with Crippen LogP contribution in [0.4, 0.5) is 0 Å². The van der Waals surface area contributed by atoms with Crippen molar-refractivity contribution in [3.8, 4) is 17.2 Å². The largest absolute Gasteiger partial charge is 0.490 e. The zero-order chi connectivity index (χ0) is 23.1. The summed E-state index contributed by atoms with van der Waals surface area (Å²) in [5, 5.41) is 0.598. The van der Waals surface area contributed by atoms with E-state index in [9.17, 15) is 9.59 Å². The van der Waals surface area contributed by atoms with Gasteiger partial charge in [0.15, 0.2) is 16.7 Å². The van der Waals surface area contributed by atoms with Crippen molar-refractivity contribution in [2.45, 2.75) is 38.6 Å². The Morgan fingerprint density at radius 2 is 1.66 bits per heavy atom. The average Bonchev–Trinajstić information content (AvgIpc) is 2.75. The van der Waals surface area contributed by atoms with Crippen LogP contribution in [-0.2, 0) is 5.75 Å². The summed E-state index contributed by atoms with van der Waals surface area (Å²) < 4.78 is 21.7. The van der Waals surface area contributed by atoms with Crippen LogP contribution in [0.1, 0.15) is 41.4 Å². The fraction of sp³-hybridized carbons (Fsp3) is 0.304. The molecular formula is C23H24N2O6S. The zero-order valence-corrected chi connectivity index (χ0v) is 19.2. The Hall–Kier alpha value is -3.33. The Labute approximate surface area is 189 Å². The monoisotopic (exact) mass is 456 g/mol. The van der Waals surface area contributed by atoms with Crippen molar-refractivity contribution in [3.05, 3.63) is 69.5 Å². The molecule has 8 nitrogen and oxygen atoms in total. The van der Waals surface area contributed by atoms with E-state index in [-0.39, 0.29) is 11.3 Å². The molecule has 2 heterocycles. The molecule has 0 unspecified atom stereocenters. The van der Waals surface area contributed by atoms with Gasteiger partial charge in [0.25, 0.3) is 0 Å². The number of aromatic nitrogens is 2. The molecule has 168 valence electrons. The van der Waals surface area contributed by atoms with Gasteiger partial charge in [0, 0.05) is 17.5 Å². The van der Waals surface area contributed by atoms with Crippen molar-refractivity contribution in [1.82, 2.24) is 9.97 Å². The Kier molecular flexibility index (Phi) is 7.88. The summed E-state index contributed by atoms with van der Waals surface area (Å²) in [4.78, 5) is 33.6. The molecular weight excluding hydrogens is 432 g/mol. The molecule has 0 N–H and O–H groups in total. The van der Waals surface area contributed by atoms with Gasteiger partial charge in [-0.15, -0.1) is 0 Å². The van der Waals surface area contributed by atoms with Gasteiger partial charge in [-0.3, -0.25) is 4.79 Å². The number of esters is 1. The SMILES string of the molecule is CCOc1ccc(C(=O)Oc2coc(CSc3nc(C)cc(C)n3)cc2=O)cc1OCC. The predicted octanol–water partition coefficient (Wildman–Crippen LogP) is 4.36. The third-order valence-electron chi connectivity index (χ3n) is 4.14. The molecule has 0 spiro atoms. The molecule has 3 rings (SSSR count). The molecule has 9 heteroatoms. The maximum absolute atomic E-state index is 12.5. The molecule has 32 heavy (non-hydrogen) atoms. The Morgan fingerprint density at radius 3 is 2.31 bits per heavy atom. The van der Waals surface area contributed by atoms with Gasteiger partial charge in [-0.1, -0.05) is 11.8 Å². The summed E-state index contributed by atoms with van der Waals surface area (Å²) in [6.07, 6.45) is 1.14. The highest BCUT2D eigenvalue weighted by molar-refractivity contribution is 7.98. The van der Waals surface area contributed by atoms with Gasteiger partial charge in [0.1, 0.15) is 12.0 Å². The molecule has 0 aliphatic carbocycles. The van der Waals surface area contributed by atoms with Crippen LogP contribution in [0.25, 0.3) is 0 Å². The molecule has 2 aromatic heterocycles. The Balaban J connectivity index is 1.69. The maximum Gasteiger partial charge on any atom is 0.343 e. The number of rotatable bonds is 9. The van der Waals surface area contributed by atoms with E-state index < -0.39 is 11.4 Å². The van der Waals surface area contributed by atoms with Gasteiger partial charge in [0.05, 0.1) is 24.5 Å². The summed E-state index contributed by atoms with van der Waals surface area (Å²) in [5.74, 6) is 0.840. The third-order valence-corrected chi connectivity index (χ3v) is 5.01. The fourth-order valence-corrected chi connectivity index (χ4v) is 3.66. The molecule has 0 fully saturated rings. The van der Waals surface area contributed by atoms with Crippen molar-refractivity contribution in [3.63, 3.8) is 0 Å². The number of aryl methyl sites for hydroxylation is 2. The minimum atomic E-state index is -0.702. The average molecular weight is 457 g/mol. The quantitative estimate of drug-likeness (QED) is 0.264. The van der Waals surface area contributed by atoms with Crippen LogP contribution in [0.15, 0.2) is 51.0 Å². The van der Waals surface area contributed by atoms with E-state index >= 15 is 0 Å². The topological polar surface area (TPSA) is 101 Å². The highest BCUT2D eigenvalue weighted by Gasteiger charge is 2.16. The molecule has 0 amide bonds. The number of benzene rings is 1. The number of ether oxygens (including phenoxy) is 3. The van der Waals surface area contributed by atoms with Crippen molar-refractivity contribution < 1.29 is 23.4 Å². The standard InChI is InChI=1S/C23H24N2O6S/c1-5-28-19-8-7-16(10-20(19)29-6-2)22(27)31-21-12-30-17(11-18(21)26)13-32-23-24-14(3)9-15(4)25-23/h7-12H,5-6,13H2,1-4H3. The molecule has 0 aliphatic rings. The first kappa shape index (κ1) is 23.3. The van der Waals surface area contributed by atoms with Gasteiger partial charge in [0.2, 0.25) is 11.2 Å². The second-order valence-corrected chi connectivity index (χ2v) is 7.66. The molecule has 3 aromatic rings. The van der Waals surface area contributed by atoms with E-state index in [1.165, 1.54) is 23.9 Å². The number of nitrogens with zero attached hydrogens (tertiary/aromatic N) is 2. The molecule has 0 atom stereocenters. The number of carbonyl (C=O) groups is 1. The zero-order valence-electron chi connectivity index (χ0n) is 18.3. The Bertz CT molecular complexity index is 1140. The van der Waals surface area contributed by atoms with Gasteiger partial charge in [-0.25, -0.2) is 14.8 Å². The molecule has 0 saturated carbocycles. The lowest BCUT2D eigenvalue weighted by Gasteiger charge is -2.12. The molecule has 1 aromatic carbocycles. The normalized spacial score (nSPS) is 10.6. The second-order valence-electron chi connectivity index (χ2n) is 6.71. The fourth-order valence-electron chi connectivity index (χ4n) is 2.82. The summed E-state index contributed by atoms with van der Waals surface area (Å²) in [7, 11) is 0. The van der Waals surface area contributed by atoms with Crippen molar-refractivity contribution in [1.29, 1.82) is 0 Å². The van der Waals surface area contributed by atoms with Crippen LogP contribution in [0.3, 0.4) is 0 Å². The minimum absolute atomic E-state index is 0.196. The van der Waals surface area contributed by atoms with E-state index in [0.29, 0.717) is 41.4 Å².